The number of hydrogen-bond donors (Lipinski definition) is 1. The summed E-state index contributed by atoms with van der Waals surface area (Å²) in [5, 5.41) is 10.6. The molecule has 0 radical (unpaired) electrons. The van der Waals surface area contributed by atoms with Crippen LogP contribution in [0.4, 0.5) is 5.69 Å². The lowest BCUT2D eigenvalue weighted by atomic mass is 9.70. The van der Waals surface area contributed by atoms with Gasteiger partial charge in [0.2, 0.25) is 11.8 Å². The molecule has 3 aliphatic heterocycles. The van der Waals surface area contributed by atoms with Gasteiger partial charge in [-0.1, -0.05) is 42.8 Å². The van der Waals surface area contributed by atoms with E-state index in [0.29, 0.717) is 30.2 Å². The molecule has 4 rings (SSSR count). The van der Waals surface area contributed by atoms with Gasteiger partial charge >= 0.3 is 0 Å². The highest BCUT2D eigenvalue weighted by Crippen LogP contribution is 2.67. The van der Waals surface area contributed by atoms with E-state index >= 15 is 0 Å². The molecule has 1 aromatic carbocycles. The molecule has 3 amide bonds. The van der Waals surface area contributed by atoms with Crippen molar-refractivity contribution in [1.82, 2.24) is 9.80 Å². The Labute approximate surface area is 234 Å². The summed E-state index contributed by atoms with van der Waals surface area (Å²) >= 11 is 8.23. The van der Waals surface area contributed by atoms with Crippen LogP contribution in [0.25, 0.3) is 0 Å². The molecule has 38 heavy (non-hydrogen) atoms. The summed E-state index contributed by atoms with van der Waals surface area (Å²) in [6.07, 6.45) is 5.58. The van der Waals surface area contributed by atoms with E-state index in [0.717, 1.165) is 18.4 Å². The standard InChI is InChI=1S/C29H38ClN3O4S/c1-6-14-31(15-7-2)26(35)22-21-12-13-29(38-21)23(22)27(36)33(19(5)17-34)25(29)28(37)32(16-8-3)24-18(4)10-9-11-20(24)30/h6,8-11,19,21-23,25,34H,1,3,7,12-17H2,2,4-5H3/t19-,21-,22+,23+,25?,29?/m1/s1. The minimum Gasteiger partial charge on any atom is -0.394 e. The van der Waals surface area contributed by atoms with Crippen molar-refractivity contribution in [2.75, 3.05) is 31.1 Å². The van der Waals surface area contributed by atoms with Crippen LogP contribution in [0.15, 0.2) is 43.5 Å². The number of fused-ring (bicyclic) bond motifs is 1. The average molecular weight is 560 g/mol. The zero-order chi connectivity index (χ0) is 27.8. The molecule has 206 valence electrons. The fourth-order valence-corrected chi connectivity index (χ4v) is 9.19. The second-order valence-electron chi connectivity index (χ2n) is 10.5. The summed E-state index contributed by atoms with van der Waals surface area (Å²) in [5.41, 5.74) is 1.43. The molecule has 0 saturated carbocycles. The molecule has 3 aliphatic rings. The Morgan fingerprint density at radius 1 is 1.29 bits per heavy atom. The Kier molecular flexibility index (Phi) is 8.65. The summed E-state index contributed by atoms with van der Waals surface area (Å²) < 4.78 is -0.747. The summed E-state index contributed by atoms with van der Waals surface area (Å²) in [6, 6.07) is 4.07. The van der Waals surface area contributed by atoms with E-state index in [1.165, 1.54) is 0 Å². The van der Waals surface area contributed by atoms with Gasteiger partial charge in [-0.2, -0.15) is 0 Å². The number of hydrogen-bond acceptors (Lipinski definition) is 5. The van der Waals surface area contributed by atoms with E-state index in [9.17, 15) is 19.5 Å². The smallest absolute Gasteiger partial charge is 0.251 e. The molecule has 7 nitrogen and oxygen atoms in total. The second-order valence-corrected chi connectivity index (χ2v) is 12.6. The van der Waals surface area contributed by atoms with Crippen molar-refractivity contribution in [3.8, 4) is 0 Å². The van der Waals surface area contributed by atoms with Crippen LogP contribution in [0, 0.1) is 18.8 Å². The molecule has 1 spiro atoms. The summed E-state index contributed by atoms with van der Waals surface area (Å²) in [5.74, 6) is -1.64. The quantitative estimate of drug-likeness (QED) is 0.413. The third-order valence-corrected chi connectivity index (χ3v) is 10.4. The number of para-hydroxylation sites is 1. The Bertz CT molecular complexity index is 1110. The first-order valence-electron chi connectivity index (χ1n) is 13.4. The van der Waals surface area contributed by atoms with Crippen LogP contribution in [0.5, 0.6) is 0 Å². The van der Waals surface area contributed by atoms with E-state index in [1.54, 1.807) is 51.6 Å². The molecule has 0 aromatic heterocycles. The lowest BCUT2D eigenvalue weighted by molar-refractivity contribution is -0.145. The number of halogens is 1. The number of carbonyl (C=O) groups excluding carboxylic acids is 3. The third-order valence-electron chi connectivity index (χ3n) is 8.19. The minimum atomic E-state index is -0.829. The number of rotatable bonds is 11. The van der Waals surface area contributed by atoms with Crippen LogP contribution in [-0.2, 0) is 14.4 Å². The van der Waals surface area contributed by atoms with Gasteiger partial charge < -0.3 is 19.8 Å². The second kappa shape index (κ2) is 11.4. The molecule has 2 bridgehead atoms. The van der Waals surface area contributed by atoms with Crippen molar-refractivity contribution >= 4 is 46.8 Å². The molecule has 2 unspecified atom stereocenters. The number of aliphatic hydroxyl groups is 1. The summed E-state index contributed by atoms with van der Waals surface area (Å²) in [6.45, 7) is 14.3. The van der Waals surface area contributed by atoms with E-state index in [-0.39, 0.29) is 36.1 Å². The van der Waals surface area contributed by atoms with Gasteiger partial charge in [0.05, 0.1) is 39.9 Å². The van der Waals surface area contributed by atoms with Crippen molar-refractivity contribution in [3.05, 3.63) is 54.1 Å². The van der Waals surface area contributed by atoms with Crippen molar-refractivity contribution < 1.29 is 19.5 Å². The normalized spacial score (nSPS) is 28.2. The van der Waals surface area contributed by atoms with Crippen molar-refractivity contribution in [3.63, 3.8) is 0 Å². The van der Waals surface area contributed by atoms with E-state index < -0.39 is 28.7 Å². The van der Waals surface area contributed by atoms with Crippen LogP contribution in [0.2, 0.25) is 5.02 Å². The topological polar surface area (TPSA) is 81.2 Å². The Morgan fingerprint density at radius 3 is 2.61 bits per heavy atom. The largest absolute Gasteiger partial charge is 0.394 e. The molecule has 3 fully saturated rings. The van der Waals surface area contributed by atoms with Gasteiger partial charge in [0, 0.05) is 24.9 Å². The molecule has 0 aliphatic carbocycles. The number of aliphatic hydroxyl groups excluding tert-OH is 1. The molecule has 6 atom stereocenters. The van der Waals surface area contributed by atoms with Gasteiger partial charge in [-0.25, -0.2) is 0 Å². The lowest BCUT2D eigenvalue weighted by Crippen LogP contribution is -2.57. The zero-order valence-corrected chi connectivity index (χ0v) is 24.0. The summed E-state index contributed by atoms with van der Waals surface area (Å²) in [7, 11) is 0. The predicted octanol–water partition coefficient (Wildman–Crippen LogP) is 4.06. The maximum absolute atomic E-state index is 14.6. The highest BCUT2D eigenvalue weighted by atomic mass is 35.5. The number of anilines is 1. The molecular weight excluding hydrogens is 522 g/mol. The number of likely N-dealkylation sites (tertiary alicyclic amines) is 1. The first-order valence-corrected chi connectivity index (χ1v) is 14.6. The first-order chi connectivity index (χ1) is 18.2. The SMILES string of the molecule is C=CCN(CCC)C(=O)[C@@H]1[C@H]2C(=O)N([C@H](C)CO)C(C(=O)N(CC=C)c3c(C)cccc3Cl)C23CC[C@H]1S3. The van der Waals surface area contributed by atoms with E-state index in [4.69, 9.17) is 11.6 Å². The van der Waals surface area contributed by atoms with Crippen molar-refractivity contribution in [2.24, 2.45) is 11.8 Å². The van der Waals surface area contributed by atoms with E-state index in [1.807, 2.05) is 26.0 Å². The predicted molar refractivity (Wildman–Crippen MR) is 153 cm³/mol. The number of thioether (sulfide) groups is 1. The van der Waals surface area contributed by atoms with Crippen molar-refractivity contribution in [1.29, 1.82) is 0 Å². The number of benzene rings is 1. The minimum absolute atomic E-state index is 0.0302. The van der Waals surface area contributed by atoms with Crippen LogP contribution in [0.3, 0.4) is 0 Å². The molecule has 3 saturated heterocycles. The van der Waals surface area contributed by atoms with Gasteiger partial charge in [0.15, 0.2) is 0 Å². The Balaban J connectivity index is 1.81. The van der Waals surface area contributed by atoms with Crippen LogP contribution in [-0.4, -0.2) is 80.9 Å². The molecule has 1 aromatic rings. The van der Waals surface area contributed by atoms with Gasteiger partial charge in [-0.15, -0.1) is 24.9 Å². The van der Waals surface area contributed by atoms with E-state index in [2.05, 4.69) is 13.2 Å². The molecule has 1 N–H and O–H groups in total. The third kappa shape index (κ3) is 4.48. The van der Waals surface area contributed by atoms with Crippen LogP contribution < -0.4 is 4.90 Å². The Morgan fingerprint density at radius 2 is 2.00 bits per heavy atom. The highest BCUT2D eigenvalue weighted by Gasteiger charge is 2.74. The van der Waals surface area contributed by atoms with Crippen molar-refractivity contribution in [2.45, 2.75) is 62.1 Å². The van der Waals surface area contributed by atoms with Gasteiger partial charge in [0.25, 0.3) is 5.91 Å². The maximum atomic E-state index is 14.6. The lowest BCUT2D eigenvalue weighted by Gasteiger charge is -2.39. The van der Waals surface area contributed by atoms with Gasteiger partial charge in [0.1, 0.15) is 6.04 Å². The fraction of sp³-hybridized carbons (Fsp3) is 0.552. The van der Waals surface area contributed by atoms with Gasteiger partial charge in [-0.05, 0) is 44.7 Å². The number of aryl methyl sites for hydroxylation is 1. The average Bonchev–Trinajstić information content (AvgIpc) is 3.54. The Hall–Kier alpha value is -2.29. The maximum Gasteiger partial charge on any atom is 0.251 e. The highest BCUT2D eigenvalue weighted by molar-refractivity contribution is 8.02. The zero-order valence-electron chi connectivity index (χ0n) is 22.4. The molecule has 3 heterocycles. The fourth-order valence-electron chi connectivity index (χ4n) is 6.68. The molecule has 9 heteroatoms. The van der Waals surface area contributed by atoms with Crippen LogP contribution >= 0.6 is 23.4 Å². The first kappa shape index (κ1) is 28.7. The number of carbonyl (C=O) groups is 3. The van der Waals surface area contributed by atoms with Gasteiger partial charge in [-0.3, -0.25) is 14.4 Å². The summed E-state index contributed by atoms with van der Waals surface area (Å²) in [4.78, 5) is 47.6. The monoisotopic (exact) mass is 559 g/mol. The molecular formula is C29H38ClN3O4S. The number of amides is 3. The van der Waals surface area contributed by atoms with Crippen LogP contribution in [0.1, 0.15) is 38.7 Å². The number of nitrogens with zero attached hydrogens (tertiary/aromatic N) is 3.